The van der Waals surface area contributed by atoms with E-state index in [4.69, 9.17) is 4.74 Å². The Labute approximate surface area is 134 Å². The molecule has 2 amide bonds. The molecule has 3 rings (SSSR count). The van der Waals surface area contributed by atoms with Crippen molar-refractivity contribution in [2.45, 2.75) is 26.1 Å². The van der Waals surface area contributed by atoms with Crippen molar-refractivity contribution in [3.05, 3.63) is 30.3 Å². The van der Waals surface area contributed by atoms with Crippen LogP contribution in [0.2, 0.25) is 0 Å². The highest BCUT2D eigenvalue weighted by atomic mass is 16.5. The van der Waals surface area contributed by atoms with Gasteiger partial charge in [0.05, 0.1) is 17.9 Å². The Kier molecular flexibility index (Phi) is 4.29. The second-order valence-electron chi connectivity index (χ2n) is 5.81. The summed E-state index contributed by atoms with van der Waals surface area (Å²) in [7, 11) is 0. The third-order valence-electron chi connectivity index (χ3n) is 3.76. The number of amidine groups is 1. The number of anilines is 1. The Hall–Kier alpha value is -2.41. The van der Waals surface area contributed by atoms with Crippen molar-refractivity contribution in [3.8, 4) is 0 Å². The highest BCUT2D eigenvalue weighted by Crippen LogP contribution is 2.15. The Morgan fingerprint density at radius 3 is 2.52 bits per heavy atom. The normalized spacial score (nSPS) is 25.0. The number of aliphatic imine (C=N–C) groups is 1. The van der Waals surface area contributed by atoms with Gasteiger partial charge < -0.3 is 9.64 Å². The van der Waals surface area contributed by atoms with Crippen LogP contribution in [0.15, 0.2) is 35.3 Å². The first kappa shape index (κ1) is 15.5. The smallest absolute Gasteiger partial charge is 0.290 e. The van der Waals surface area contributed by atoms with E-state index in [1.807, 2.05) is 32.0 Å². The van der Waals surface area contributed by atoms with Crippen LogP contribution in [0, 0.1) is 0 Å². The number of amides is 2. The minimum absolute atomic E-state index is 0.0150. The molecule has 1 aromatic rings. The quantitative estimate of drug-likeness (QED) is 0.866. The summed E-state index contributed by atoms with van der Waals surface area (Å²) in [6.45, 7) is 4.86. The zero-order chi connectivity index (χ0) is 16.4. The molecule has 0 aromatic heterocycles. The highest BCUT2D eigenvalue weighted by molar-refractivity contribution is 6.39. The number of morpholine rings is 1. The maximum atomic E-state index is 12.7. The summed E-state index contributed by atoms with van der Waals surface area (Å²) in [5.41, 5.74) is 3.53. The molecule has 122 valence electrons. The number of carbonyl (C=O) groups is 2. The molecule has 0 spiro atoms. The lowest BCUT2D eigenvalue weighted by Gasteiger charge is -2.36. The van der Waals surface area contributed by atoms with Crippen molar-refractivity contribution in [1.29, 1.82) is 0 Å². The van der Waals surface area contributed by atoms with Crippen LogP contribution in [0.4, 0.5) is 5.69 Å². The predicted octanol–water partition coefficient (Wildman–Crippen LogP) is 0.572. The van der Waals surface area contributed by atoms with Crippen molar-refractivity contribution in [2.75, 3.05) is 24.6 Å². The van der Waals surface area contributed by atoms with Gasteiger partial charge in [-0.25, -0.2) is 5.01 Å². The van der Waals surface area contributed by atoms with Gasteiger partial charge in [-0.15, -0.1) is 0 Å². The van der Waals surface area contributed by atoms with E-state index in [0.717, 1.165) is 0 Å². The highest BCUT2D eigenvalue weighted by Gasteiger charge is 2.32. The average Bonchev–Trinajstić information content (AvgIpc) is 2.54. The molecule has 1 fully saturated rings. The third kappa shape index (κ3) is 3.34. The molecule has 2 atom stereocenters. The lowest BCUT2D eigenvalue weighted by atomic mass is 10.2. The van der Waals surface area contributed by atoms with Crippen LogP contribution >= 0.6 is 0 Å². The van der Waals surface area contributed by atoms with E-state index in [0.29, 0.717) is 18.8 Å². The molecule has 7 heteroatoms. The van der Waals surface area contributed by atoms with E-state index in [1.165, 1.54) is 5.01 Å². The molecule has 0 aliphatic carbocycles. The number of para-hydroxylation sites is 1. The molecule has 7 nitrogen and oxygen atoms in total. The first-order valence-corrected chi connectivity index (χ1v) is 7.68. The van der Waals surface area contributed by atoms with Gasteiger partial charge in [0, 0.05) is 13.1 Å². The van der Waals surface area contributed by atoms with Crippen molar-refractivity contribution < 1.29 is 14.3 Å². The number of carbonyl (C=O) groups excluding carboxylic acids is 2. The number of nitrogens with one attached hydrogen (secondary N) is 1. The molecule has 0 radical (unpaired) electrons. The van der Waals surface area contributed by atoms with Crippen LogP contribution in [-0.2, 0) is 14.3 Å². The zero-order valence-corrected chi connectivity index (χ0v) is 13.2. The first-order valence-electron chi connectivity index (χ1n) is 7.68. The number of benzene rings is 1. The van der Waals surface area contributed by atoms with E-state index in [1.54, 1.807) is 17.0 Å². The molecule has 2 aliphatic heterocycles. The van der Waals surface area contributed by atoms with Crippen LogP contribution in [-0.4, -0.2) is 54.4 Å². The second-order valence-corrected chi connectivity index (χ2v) is 5.81. The van der Waals surface area contributed by atoms with Crippen molar-refractivity contribution in [2.24, 2.45) is 4.99 Å². The summed E-state index contributed by atoms with van der Waals surface area (Å²) in [6.07, 6.45) is -0.0301. The van der Waals surface area contributed by atoms with Crippen molar-refractivity contribution >= 4 is 23.3 Å². The SMILES string of the molecule is C[C@H]1CN(C(=O)C2=NCC(=O)N(c3ccccc3)N2)C[C@H](C)O1. The lowest BCUT2D eigenvalue weighted by Crippen LogP contribution is -2.59. The minimum Gasteiger partial charge on any atom is -0.372 e. The molecular weight excluding hydrogens is 296 g/mol. The monoisotopic (exact) mass is 316 g/mol. The Balaban J connectivity index is 1.75. The third-order valence-corrected chi connectivity index (χ3v) is 3.76. The van der Waals surface area contributed by atoms with Gasteiger partial charge in [-0.2, -0.15) is 0 Å². The largest absolute Gasteiger partial charge is 0.372 e. The maximum absolute atomic E-state index is 12.7. The summed E-state index contributed by atoms with van der Waals surface area (Å²) in [6, 6.07) is 9.15. The fourth-order valence-electron chi connectivity index (χ4n) is 2.82. The van der Waals surface area contributed by atoms with Gasteiger partial charge in [0.25, 0.3) is 11.8 Å². The van der Waals surface area contributed by atoms with Gasteiger partial charge in [-0.3, -0.25) is 20.0 Å². The molecule has 0 bridgehead atoms. The summed E-state index contributed by atoms with van der Waals surface area (Å²) >= 11 is 0. The molecule has 0 unspecified atom stereocenters. The molecule has 23 heavy (non-hydrogen) atoms. The Bertz CT molecular complexity index is 621. The fraction of sp³-hybridized carbons (Fsp3) is 0.438. The molecule has 2 heterocycles. The van der Waals surface area contributed by atoms with E-state index in [-0.39, 0.29) is 36.4 Å². The van der Waals surface area contributed by atoms with Crippen LogP contribution in [0.3, 0.4) is 0 Å². The summed E-state index contributed by atoms with van der Waals surface area (Å²) in [5.74, 6) is -0.216. The minimum atomic E-state index is -0.208. The Morgan fingerprint density at radius 2 is 1.87 bits per heavy atom. The number of rotatable bonds is 2. The topological polar surface area (TPSA) is 74.2 Å². The van der Waals surface area contributed by atoms with E-state index >= 15 is 0 Å². The number of hydrogen-bond acceptors (Lipinski definition) is 5. The Morgan fingerprint density at radius 1 is 1.22 bits per heavy atom. The number of ether oxygens (including phenoxy) is 1. The van der Waals surface area contributed by atoms with Crippen LogP contribution < -0.4 is 10.4 Å². The van der Waals surface area contributed by atoms with E-state index in [9.17, 15) is 9.59 Å². The molecular formula is C16H20N4O3. The molecule has 1 saturated heterocycles. The van der Waals surface area contributed by atoms with Crippen LogP contribution in [0.1, 0.15) is 13.8 Å². The summed E-state index contributed by atoms with van der Waals surface area (Å²) < 4.78 is 5.64. The van der Waals surface area contributed by atoms with Gasteiger partial charge in [0.1, 0.15) is 6.54 Å². The average molecular weight is 316 g/mol. The zero-order valence-electron chi connectivity index (χ0n) is 13.2. The van der Waals surface area contributed by atoms with Crippen LogP contribution in [0.5, 0.6) is 0 Å². The maximum Gasteiger partial charge on any atom is 0.290 e. The van der Waals surface area contributed by atoms with Gasteiger partial charge in [-0.1, -0.05) is 18.2 Å². The number of nitrogens with zero attached hydrogens (tertiary/aromatic N) is 3. The lowest BCUT2D eigenvalue weighted by molar-refractivity contribution is -0.136. The van der Waals surface area contributed by atoms with Gasteiger partial charge in [-0.05, 0) is 26.0 Å². The van der Waals surface area contributed by atoms with E-state index < -0.39 is 0 Å². The van der Waals surface area contributed by atoms with Crippen molar-refractivity contribution in [1.82, 2.24) is 10.3 Å². The van der Waals surface area contributed by atoms with Gasteiger partial charge in [0.2, 0.25) is 5.84 Å². The fourth-order valence-corrected chi connectivity index (χ4v) is 2.82. The van der Waals surface area contributed by atoms with Crippen molar-refractivity contribution in [3.63, 3.8) is 0 Å². The second kappa shape index (κ2) is 6.37. The van der Waals surface area contributed by atoms with Gasteiger partial charge in [0.15, 0.2) is 0 Å². The molecule has 2 aliphatic rings. The van der Waals surface area contributed by atoms with Crippen LogP contribution in [0.25, 0.3) is 0 Å². The first-order chi connectivity index (χ1) is 11.0. The van der Waals surface area contributed by atoms with Gasteiger partial charge >= 0.3 is 0 Å². The number of hydrazine groups is 1. The summed E-state index contributed by atoms with van der Waals surface area (Å²) in [4.78, 5) is 30.5. The molecule has 0 saturated carbocycles. The van der Waals surface area contributed by atoms with E-state index in [2.05, 4.69) is 10.4 Å². The molecule has 1 N–H and O–H groups in total. The summed E-state index contributed by atoms with van der Waals surface area (Å²) in [5, 5.41) is 1.37. The molecule has 1 aromatic carbocycles. The standard InChI is InChI=1S/C16H20N4O3/c1-11-9-19(10-12(2)23-11)16(22)15-17-8-14(21)20(18-15)13-6-4-3-5-7-13/h3-7,11-12H,8-10H2,1-2H3,(H,17,18)/t11-,12-/m0/s1. The number of hydrogen-bond donors (Lipinski definition) is 1. The predicted molar refractivity (Wildman–Crippen MR) is 86.0 cm³/mol.